The molecular formula is C11H12N4OS. The second kappa shape index (κ2) is 5.40. The number of nitrogens with zero attached hydrogens (tertiary/aromatic N) is 3. The zero-order valence-electron chi connectivity index (χ0n) is 9.33. The summed E-state index contributed by atoms with van der Waals surface area (Å²) in [7, 11) is 0. The smallest absolute Gasteiger partial charge is 0.307 e. The fourth-order valence-corrected chi connectivity index (χ4v) is 1.99. The van der Waals surface area contributed by atoms with Crippen molar-refractivity contribution in [1.29, 1.82) is 0 Å². The van der Waals surface area contributed by atoms with Crippen LogP contribution < -0.4 is 10.2 Å². The molecule has 0 aliphatic carbocycles. The van der Waals surface area contributed by atoms with Crippen LogP contribution in [0.5, 0.6) is 0 Å². The highest BCUT2D eigenvalue weighted by molar-refractivity contribution is 7.13. The van der Waals surface area contributed by atoms with Crippen molar-refractivity contribution < 1.29 is 4.79 Å². The van der Waals surface area contributed by atoms with Crippen molar-refractivity contribution in [2.45, 2.75) is 6.92 Å². The van der Waals surface area contributed by atoms with Crippen LogP contribution in [-0.4, -0.2) is 22.8 Å². The monoisotopic (exact) mass is 248 g/mol. The Balaban J connectivity index is 2.09. The first kappa shape index (κ1) is 11.5. The minimum Gasteiger partial charge on any atom is -0.307 e. The standard InChI is InChI=1S/C11H12N4OS/c1-2-15(11-14-12-8-17-11)10(16)13-9-6-4-3-5-7-9/h3-8H,2H2,1H3,(H,13,16). The Morgan fingerprint density at radius 3 is 2.76 bits per heavy atom. The highest BCUT2D eigenvalue weighted by atomic mass is 32.1. The fourth-order valence-electron chi connectivity index (χ4n) is 1.36. The van der Waals surface area contributed by atoms with E-state index in [0.29, 0.717) is 11.7 Å². The van der Waals surface area contributed by atoms with Crippen molar-refractivity contribution in [2.24, 2.45) is 0 Å². The number of aromatic nitrogens is 2. The molecule has 17 heavy (non-hydrogen) atoms. The van der Waals surface area contributed by atoms with Crippen molar-refractivity contribution in [2.75, 3.05) is 16.8 Å². The second-order valence-electron chi connectivity index (χ2n) is 3.26. The average molecular weight is 248 g/mol. The summed E-state index contributed by atoms with van der Waals surface area (Å²) in [5.41, 5.74) is 2.37. The summed E-state index contributed by atoms with van der Waals surface area (Å²) in [5, 5.41) is 11.0. The van der Waals surface area contributed by atoms with Gasteiger partial charge < -0.3 is 5.32 Å². The molecule has 0 saturated heterocycles. The molecule has 1 heterocycles. The van der Waals surface area contributed by atoms with E-state index >= 15 is 0 Å². The van der Waals surface area contributed by atoms with Gasteiger partial charge in [0.1, 0.15) is 5.51 Å². The predicted molar refractivity (Wildman–Crippen MR) is 68.4 cm³/mol. The molecule has 2 aromatic rings. The summed E-state index contributed by atoms with van der Waals surface area (Å²) in [5.74, 6) is 0. The Morgan fingerprint density at radius 2 is 2.18 bits per heavy atom. The number of rotatable bonds is 3. The van der Waals surface area contributed by atoms with Crippen LogP contribution in [-0.2, 0) is 0 Å². The van der Waals surface area contributed by atoms with Gasteiger partial charge in [0, 0.05) is 12.2 Å². The van der Waals surface area contributed by atoms with E-state index < -0.39 is 0 Å². The van der Waals surface area contributed by atoms with Gasteiger partial charge in [-0.3, -0.25) is 4.90 Å². The lowest BCUT2D eigenvalue weighted by atomic mass is 10.3. The van der Waals surface area contributed by atoms with Gasteiger partial charge in [-0.05, 0) is 19.1 Å². The number of carbonyl (C=O) groups excluding carboxylic acids is 1. The molecule has 2 amide bonds. The van der Waals surface area contributed by atoms with E-state index in [1.54, 1.807) is 10.4 Å². The van der Waals surface area contributed by atoms with E-state index in [1.165, 1.54) is 11.3 Å². The summed E-state index contributed by atoms with van der Waals surface area (Å²) < 4.78 is 0. The van der Waals surface area contributed by atoms with Crippen molar-refractivity contribution in [3.05, 3.63) is 35.8 Å². The third-order valence-electron chi connectivity index (χ3n) is 2.17. The molecule has 5 nitrogen and oxygen atoms in total. The Labute approximate surface area is 103 Å². The predicted octanol–water partition coefficient (Wildman–Crippen LogP) is 2.60. The maximum atomic E-state index is 12.0. The molecule has 0 bridgehead atoms. The Kier molecular flexibility index (Phi) is 3.66. The van der Waals surface area contributed by atoms with Gasteiger partial charge in [-0.25, -0.2) is 4.79 Å². The summed E-state index contributed by atoms with van der Waals surface area (Å²) in [6.45, 7) is 2.44. The molecule has 1 aromatic heterocycles. The van der Waals surface area contributed by atoms with E-state index in [1.807, 2.05) is 37.3 Å². The lowest BCUT2D eigenvalue weighted by molar-refractivity contribution is 0.257. The van der Waals surface area contributed by atoms with Crippen molar-refractivity contribution in [1.82, 2.24) is 10.2 Å². The number of hydrogen-bond acceptors (Lipinski definition) is 4. The van der Waals surface area contributed by atoms with Gasteiger partial charge in [0.25, 0.3) is 0 Å². The third kappa shape index (κ3) is 2.79. The summed E-state index contributed by atoms with van der Waals surface area (Å²) in [6, 6.07) is 9.12. The molecular weight excluding hydrogens is 236 g/mol. The fraction of sp³-hybridized carbons (Fsp3) is 0.182. The number of para-hydroxylation sites is 1. The molecule has 2 rings (SSSR count). The number of benzene rings is 1. The molecule has 0 aliphatic heterocycles. The van der Waals surface area contributed by atoms with E-state index in [2.05, 4.69) is 15.5 Å². The summed E-state index contributed by atoms with van der Waals surface area (Å²) >= 11 is 1.34. The molecule has 88 valence electrons. The van der Waals surface area contributed by atoms with Crippen LogP contribution in [0.15, 0.2) is 35.8 Å². The van der Waals surface area contributed by atoms with Crippen molar-refractivity contribution in [3.63, 3.8) is 0 Å². The van der Waals surface area contributed by atoms with E-state index in [4.69, 9.17) is 0 Å². The zero-order chi connectivity index (χ0) is 12.1. The van der Waals surface area contributed by atoms with E-state index in [-0.39, 0.29) is 6.03 Å². The highest BCUT2D eigenvalue weighted by Crippen LogP contribution is 2.17. The number of carbonyl (C=O) groups is 1. The summed E-state index contributed by atoms with van der Waals surface area (Å²) in [4.78, 5) is 13.5. The maximum absolute atomic E-state index is 12.0. The van der Waals surface area contributed by atoms with Gasteiger partial charge in [-0.1, -0.05) is 29.5 Å². The highest BCUT2D eigenvalue weighted by Gasteiger charge is 2.16. The summed E-state index contributed by atoms with van der Waals surface area (Å²) in [6.07, 6.45) is 0. The van der Waals surface area contributed by atoms with Crippen LogP contribution in [0.3, 0.4) is 0 Å². The Morgan fingerprint density at radius 1 is 1.41 bits per heavy atom. The van der Waals surface area contributed by atoms with Crippen LogP contribution in [0.25, 0.3) is 0 Å². The third-order valence-corrected chi connectivity index (χ3v) is 2.88. The number of nitrogens with one attached hydrogen (secondary N) is 1. The van der Waals surface area contributed by atoms with Gasteiger partial charge in [-0.2, -0.15) is 0 Å². The SMILES string of the molecule is CCN(C(=O)Nc1ccccc1)c1nncs1. The number of amides is 2. The molecule has 6 heteroatoms. The quantitative estimate of drug-likeness (QED) is 0.908. The molecule has 0 spiro atoms. The molecule has 1 aromatic carbocycles. The first-order valence-electron chi connectivity index (χ1n) is 5.21. The van der Waals surface area contributed by atoms with Crippen LogP contribution in [0.4, 0.5) is 15.6 Å². The number of hydrogen-bond donors (Lipinski definition) is 1. The second-order valence-corrected chi connectivity index (χ2v) is 4.07. The first-order valence-corrected chi connectivity index (χ1v) is 6.09. The van der Waals surface area contributed by atoms with Crippen LogP contribution in [0, 0.1) is 0 Å². The molecule has 0 radical (unpaired) electrons. The maximum Gasteiger partial charge on any atom is 0.328 e. The van der Waals surface area contributed by atoms with Crippen molar-refractivity contribution in [3.8, 4) is 0 Å². The molecule has 0 unspecified atom stereocenters. The molecule has 0 saturated carbocycles. The number of urea groups is 1. The van der Waals surface area contributed by atoms with Gasteiger partial charge >= 0.3 is 6.03 Å². The lowest BCUT2D eigenvalue weighted by Gasteiger charge is -2.17. The van der Waals surface area contributed by atoms with Gasteiger partial charge in [0.05, 0.1) is 0 Å². The lowest BCUT2D eigenvalue weighted by Crippen LogP contribution is -2.34. The average Bonchev–Trinajstić information content (AvgIpc) is 2.85. The van der Waals surface area contributed by atoms with E-state index in [9.17, 15) is 4.79 Å². The Hall–Kier alpha value is -1.95. The van der Waals surface area contributed by atoms with Gasteiger partial charge in [0.15, 0.2) is 0 Å². The van der Waals surface area contributed by atoms with Crippen molar-refractivity contribution >= 4 is 28.2 Å². The topological polar surface area (TPSA) is 58.1 Å². The number of anilines is 2. The van der Waals surface area contributed by atoms with Gasteiger partial charge in [-0.15, -0.1) is 10.2 Å². The van der Waals surface area contributed by atoms with E-state index in [0.717, 1.165) is 5.69 Å². The molecule has 0 atom stereocenters. The van der Waals surface area contributed by atoms with Crippen LogP contribution in [0.1, 0.15) is 6.92 Å². The Bertz CT molecular complexity index is 471. The largest absolute Gasteiger partial charge is 0.328 e. The minimum atomic E-state index is -0.199. The minimum absolute atomic E-state index is 0.199. The van der Waals surface area contributed by atoms with Gasteiger partial charge in [0.2, 0.25) is 5.13 Å². The molecule has 0 fully saturated rings. The van der Waals surface area contributed by atoms with Crippen LogP contribution >= 0.6 is 11.3 Å². The normalized spacial score (nSPS) is 9.94. The first-order chi connectivity index (χ1) is 8.31. The molecule has 0 aliphatic rings. The van der Waals surface area contributed by atoms with Crippen LogP contribution in [0.2, 0.25) is 0 Å². The zero-order valence-corrected chi connectivity index (χ0v) is 10.1. The molecule has 1 N–H and O–H groups in total.